The Bertz CT molecular complexity index is 859. The molecule has 0 saturated carbocycles. The minimum atomic E-state index is -1.06. The van der Waals surface area contributed by atoms with E-state index in [1.54, 1.807) is 24.3 Å². The van der Waals surface area contributed by atoms with Gasteiger partial charge in [-0.25, -0.2) is 4.79 Å². The van der Waals surface area contributed by atoms with Crippen molar-refractivity contribution in [3.05, 3.63) is 29.8 Å². The standard InChI is InChI=1S/C25H40N6O5/c1-28-16-5-2-3-9-23(34)31-20(25(35)36)8-4-6-17-29-21(32)10-7-11-22(33)30-19-14-12-18(13-15-19)24(26)27/h12-15,20,28H,2-11,16-17H2,1H3,(H3,26,27)(H,29,32)(H,30,33)(H,31,34)(H,35,36). The fraction of sp³-hybridized carbons (Fsp3) is 0.560. The lowest BCUT2D eigenvalue weighted by molar-refractivity contribution is -0.142. The molecule has 0 heterocycles. The van der Waals surface area contributed by atoms with E-state index < -0.39 is 12.0 Å². The molecule has 36 heavy (non-hydrogen) atoms. The van der Waals surface area contributed by atoms with Crippen LogP contribution in [0.25, 0.3) is 0 Å². The van der Waals surface area contributed by atoms with Crippen LogP contribution < -0.4 is 27.0 Å². The van der Waals surface area contributed by atoms with Gasteiger partial charge in [-0.05, 0) is 76.4 Å². The number of carbonyl (C=O) groups is 4. The minimum Gasteiger partial charge on any atom is -0.480 e. The van der Waals surface area contributed by atoms with E-state index in [2.05, 4.69) is 21.3 Å². The van der Waals surface area contributed by atoms with E-state index in [4.69, 9.17) is 11.1 Å². The van der Waals surface area contributed by atoms with Crippen LogP contribution in [-0.4, -0.2) is 60.8 Å². The van der Waals surface area contributed by atoms with Crippen LogP contribution in [0.2, 0.25) is 0 Å². The number of carboxylic acids is 1. The highest BCUT2D eigenvalue weighted by atomic mass is 16.4. The van der Waals surface area contributed by atoms with E-state index in [9.17, 15) is 24.3 Å². The summed E-state index contributed by atoms with van der Waals surface area (Å²) < 4.78 is 0. The third-order valence-electron chi connectivity index (χ3n) is 5.49. The van der Waals surface area contributed by atoms with Crippen molar-refractivity contribution in [2.45, 2.75) is 70.3 Å². The number of amides is 3. The van der Waals surface area contributed by atoms with Crippen LogP contribution in [0.5, 0.6) is 0 Å². The molecule has 0 aliphatic rings. The molecule has 8 N–H and O–H groups in total. The van der Waals surface area contributed by atoms with Crippen molar-refractivity contribution in [3.8, 4) is 0 Å². The number of carbonyl (C=O) groups excluding carboxylic acids is 3. The molecule has 3 amide bonds. The Balaban J connectivity index is 2.15. The van der Waals surface area contributed by atoms with Crippen LogP contribution in [0, 0.1) is 5.41 Å². The van der Waals surface area contributed by atoms with Gasteiger partial charge in [0.15, 0.2) is 0 Å². The number of benzene rings is 1. The number of nitrogen functional groups attached to an aromatic ring is 1. The van der Waals surface area contributed by atoms with Crippen LogP contribution in [0.15, 0.2) is 24.3 Å². The fourth-order valence-corrected chi connectivity index (χ4v) is 3.44. The number of rotatable bonds is 19. The average molecular weight is 505 g/mol. The molecule has 0 saturated heterocycles. The summed E-state index contributed by atoms with van der Waals surface area (Å²) >= 11 is 0. The Kier molecular flexibility index (Phi) is 15.2. The van der Waals surface area contributed by atoms with Crippen LogP contribution in [-0.2, 0) is 19.2 Å². The maximum Gasteiger partial charge on any atom is 0.326 e. The lowest BCUT2D eigenvalue weighted by Crippen LogP contribution is -2.40. The third kappa shape index (κ3) is 14.1. The van der Waals surface area contributed by atoms with E-state index >= 15 is 0 Å². The van der Waals surface area contributed by atoms with Crippen molar-refractivity contribution >= 4 is 35.2 Å². The summed E-state index contributed by atoms with van der Waals surface area (Å²) in [7, 11) is 1.87. The summed E-state index contributed by atoms with van der Waals surface area (Å²) in [6.45, 7) is 1.30. The molecule has 0 fully saturated rings. The second-order valence-electron chi connectivity index (χ2n) is 8.61. The second-order valence-corrected chi connectivity index (χ2v) is 8.61. The Labute approximate surface area is 212 Å². The first-order valence-electron chi connectivity index (χ1n) is 12.4. The van der Waals surface area contributed by atoms with Crippen molar-refractivity contribution in [1.29, 1.82) is 5.41 Å². The molecule has 1 atom stereocenters. The molecule has 1 unspecified atom stereocenters. The van der Waals surface area contributed by atoms with E-state index in [-0.39, 0.29) is 36.4 Å². The minimum absolute atomic E-state index is 0.0471. The Morgan fingerprint density at radius 2 is 1.50 bits per heavy atom. The van der Waals surface area contributed by atoms with E-state index in [1.165, 1.54) is 0 Å². The number of aliphatic carboxylic acids is 1. The van der Waals surface area contributed by atoms with Gasteiger partial charge in [0, 0.05) is 37.1 Å². The van der Waals surface area contributed by atoms with Gasteiger partial charge in [-0.2, -0.15) is 0 Å². The monoisotopic (exact) mass is 504 g/mol. The molecular formula is C25H40N6O5. The summed E-state index contributed by atoms with van der Waals surface area (Å²) in [6, 6.07) is 5.68. The number of hydrogen-bond donors (Lipinski definition) is 7. The summed E-state index contributed by atoms with van der Waals surface area (Å²) in [5.74, 6) is -1.74. The average Bonchev–Trinajstić information content (AvgIpc) is 2.83. The van der Waals surface area contributed by atoms with Gasteiger partial charge < -0.3 is 32.1 Å². The second kappa shape index (κ2) is 17.9. The van der Waals surface area contributed by atoms with Crippen molar-refractivity contribution in [2.24, 2.45) is 5.73 Å². The molecule has 1 aromatic carbocycles. The molecule has 0 bridgehead atoms. The number of nitrogens with two attached hydrogens (primary N) is 1. The van der Waals surface area contributed by atoms with Gasteiger partial charge in [0.1, 0.15) is 11.9 Å². The van der Waals surface area contributed by atoms with E-state index in [0.717, 1.165) is 25.8 Å². The van der Waals surface area contributed by atoms with Gasteiger partial charge in [-0.1, -0.05) is 6.42 Å². The Morgan fingerprint density at radius 1 is 0.861 bits per heavy atom. The van der Waals surface area contributed by atoms with Gasteiger partial charge in [0.05, 0.1) is 0 Å². The lowest BCUT2D eigenvalue weighted by Gasteiger charge is -2.14. The highest BCUT2D eigenvalue weighted by Crippen LogP contribution is 2.10. The zero-order valence-electron chi connectivity index (χ0n) is 21.0. The first-order chi connectivity index (χ1) is 17.2. The van der Waals surface area contributed by atoms with Crippen LogP contribution in [0.3, 0.4) is 0 Å². The predicted octanol–water partition coefficient (Wildman–Crippen LogP) is 1.72. The number of hydrogen-bond acceptors (Lipinski definition) is 6. The van der Waals surface area contributed by atoms with Crippen molar-refractivity contribution < 1.29 is 24.3 Å². The molecule has 0 spiro atoms. The number of anilines is 1. The maximum absolute atomic E-state index is 12.0. The van der Waals surface area contributed by atoms with Crippen LogP contribution in [0.1, 0.15) is 69.8 Å². The van der Waals surface area contributed by atoms with Crippen molar-refractivity contribution in [2.75, 3.05) is 25.5 Å². The van der Waals surface area contributed by atoms with E-state index in [0.29, 0.717) is 49.9 Å². The number of carboxylic acid groups (broad SMARTS) is 1. The first-order valence-corrected chi connectivity index (χ1v) is 12.4. The summed E-state index contributed by atoms with van der Waals surface area (Å²) in [6.07, 6.45) is 5.15. The Morgan fingerprint density at radius 3 is 2.14 bits per heavy atom. The van der Waals surface area contributed by atoms with E-state index in [1.807, 2.05) is 7.05 Å². The maximum atomic E-state index is 12.0. The molecule has 200 valence electrons. The predicted molar refractivity (Wildman–Crippen MR) is 139 cm³/mol. The summed E-state index contributed by atoms with van der Waals surface area (Å²) in [4.78, 5) is 47.4. The molecule has 1 rings (SSSR count). The van der Waals surface area contributed by atoms with Crippen LogP contribution >= 0.6 is 0 Å². The SMILES string of the molecule is CNCCCCCC(=O)NC(CCCCNC(=O)CCCC(=O)Nc1ccc(C(=N)N)cc1)C(=O)O. The molecule has 0 radical (unpaired) electrons. The normalized spacial score (nSPS) is 11.4. The quantitative estimate of drug-likeness (QED) is 0.0848. The van der Waals surface area contributed by atoms with Gasteiger partial charge in [-0.3, -0.25) is 19.8 Å². The largest absolute Gasteiger partial charge is 0.480 e. The molecule has 1 aromatic rings. The molecule has 0 aromatic heterocycles. The van der Waals surface area contributed by atoms with Gasteiger partial charge in [0.2, 0.25) is 17.7 Å². The topological polar surface area (TPSA) is 186 Å². The molecule has 11 heteroatoms. The fourth-order valence-electron chi connectivity index (χ4n) is 3.44. The highest BCUT2D eigenvalue weighted by Gasteiger charge is 2.19. The van der Waals surface area contributed by atoms with Crippen molar-refractivity contribution in [3.63, 3.8) is 0 Å². The van der Waals surface area contributed by atoms with Crippen molar-refractivity contribution in [1.82, 2.24) is 16.0 Å². The van der Waals surface area contributed by atoms with Gasteiger partial charge in [-0.15, -0.1) is 0 Å². The number of unbranched alkanes of at least 4 members (excludes halogenated alkanes) is 3. The van der Waals surface area contributed by atoms with Gasteiger partial charge >= 0.3 is 5.97 Å². The Hall–Kier alpha value is -3.47. The summed E-state index contributed by atoms with van der Waals surface area (Å²) in [5, 5.41) is 27.8. The molecule has 11 nitrogen and oxygen atoms in total. The van der Waals surface area contributed by atoms with Gasteiger partial charge in [0.25, 0.3) is 0 Å². The number of nitrogens with one attached hydrogen (secondary N) is 5. The molecular weight excluding hydrogens is 464 g/mol. The van der Waals surface area contributed by atoms with Crippen LogP contribution in [0.4, 0.5) is 5.69 Å². The zero-order chi connectivity index (χ0) is 26.8. The third-order valence-corrected chi connectivity index (χ3v) is 5.49. The molecule has 0 aliphatic heterocycles. The number of amidine groups is 1. The lowest BCUT2D eigenvalue weighted by atomic mass is 10.1. The smallest absolute Gasteiger partial charge is 0.326 e. The first kappa shape index (κ1) is 30.6. The highest BCUT2D eigenvalue weighted by molar-refractivity contribution is 5.96. The zero-order valence-corrected chi connectivity index (χ0v) is 21.0. The molecule has 0 aliphatic carbocycles. The summed E-state index contributed by atoms with van der Waals surface area (Å²) in [5.41, 5.74) is 6.56.